The van der Waals surface area contributed by atoms with Gasteiger partial charge in [-0.1, -0.05) is 29.5 Å². The minimum absolute atomic E-state index is 0.0297. The van der Waals surface area contributed by atoms with Gasteiger partial charge in [0.1, 0.15) is 0 Å². The van der Waals surface area contributed by atoms with E-state index in [0.717, 1.165) is 5.56 Å². The lowest BCUT2D eigenvalue weighted by Gasteiger charge is -2.05. The fourth-order valence-corrected chi connectivity index (χ4v) is 0.959. The summed E-state index contributed by atoms with van der Waals surface area (Å²) in [5.74, 6) is 11.8. The Balaban J connectivity index is 2.74. The molecule has 0 aliphatic rings. The molecule has 0 fully saturated rings. The van der Waals surface area contributed by atoms with Crippen molar-refractivity contribution in [3.8, 4) is 23.7 Å². The summed E-state index contributed by atoms with van der Waals surface area (Å²) in [5, 5.41) is 0. The Morgan fingerprint density at radius 1 is 0.933 bits per heavy atom. The topological polar surface area (TPSA) is 0 Å². The monoisotopic (exact) mass is 196 g/mol. The van der Waals surface area contributed by atoms with Crippen molar-refractivity contribution in [3.05, 3.63) is 35.4 Å². The maximum atomic E-state index is 3.08. The van der Waals surface area contributed by atoms with Crippen LogP contribution in [-0.4, -0.2) is 0 Å². The highest BCUT2D eigenvalue weighted by Gasteiger charge is 2.02. The first-order chi connectivity index (χ1) is 6.97. The molecule has 0 heterocycles. The van der Waals surface area contributed by atoms with Gasteiger partial charge >= 0.3 is 0 Å². The molecule has 0 amide bonds. The van der Waals surface area contributed by atoms with Crippen LogP contribution in [0.4, 0.5) is 0 Å². The van der Waals surface area contributed by atoms with Crippen molar-refractivity contribution in [3.63, 3.8) is 0 Å². The first-order valence-electron chi connectivity index (χ1n) is 5.07. The third kappa shape index (κ3) is 4.94. The molecule has 0 bridgehead atoms. The molecular weight excluding hydrogens is 180 g/mol. The normalized spacial score (nSPS) is 9.60. The van der Waals surface area contributed by atoms with Crippen LogP contribution in [0.2, 0.25) is 0 Å². The van der Waals surface area contributed by atoms with Crippen LogP contribution in [0.25, 0.3) is 0 Å². The Morgan fingerprint density at radius 2 is 1.53 bits per heavy atom. The number of benzene rings is 1. The van der Waals surface area contributed by atoms with Gasteiger partial charge < -0.3 is 0 Å². The molecule has 0 saturated heterocycles. The number of aryl methyl sites for hydroxylation is 1. The van der Waals surface area contributed by atoms with E-state index in [1.165, 1.54) is 5.56 Å². The van der Waals surface area contributed by atoms with E-state index in [1.807, 2.05) is 12.1 Å². The minimum atomic E-state index is 0.0297. The number of hydrogen-bond donors (Lipinski definition) is 0. The van der Waals surface area contributed by atoms with E-state index in [-0.39, 0.29) is 5.41 Å². The van der Waals surface area contributed by atoms with E-state index in [4.69, 9.17) is 0 Å². The SMILES string of the molecule is Cc1ccc(C#CC#CC(C)(C)C)cc1. The summed E-state index contributed by atoms with van der Waals surface area (Å²) in [4.78, 5) is 0. The molecule has 15 heavy (non-hydrogen) atoms. The van der Waals surface area contributed by atoms with E-state index in [9.17, 15) is 0 Å². The number of hydrogen-bond acceptors (Lipinski definition) is 0. The van der Waals surface area contributed by atoms with Crippen LogP contribution in [0.5, 0.6) is 0 Å². The summed E-state index contributed by atoms with van der Waals surface area (Å²) >= 11 is 0. The molecule has 0 spiro atoms. The van der Waals surface area contributed by atoms with E-state index in [2.05, 4.69) is 63.5 Å². The molecule has 0 heteroatoms. The van der Waals surface area contributed by atoms with Gasteiger partial charge in [0.15, 0.2) is 0 Å². The molecule has 1 aromatic rings. The first-order valence-corrected chi connectivity index (χ1v) is 5.07. The second-order valence-corrected chi connectivity index (χ2v) is 4.62. The molecule has 0 aliphatic carbocycles. The Morgan fingerprint density at radius 3 is 2.07 bits per heavy atom. The van der Waals surface area contributed by atoms with Crippen molar-refractivity contribution < 1.29 is 0 Å². The highest BCUT2D eigenvalue weighted by atomic mass is 14.0. The molecule has 0 nitrogen and oxygen atoms in total. The van der Waals surface area contributed by atoms with Crippen molar-refractivity contribution in [2.45, 2.75) is 27.7 Å². The lowest BCUT2D eigenvalue weighted by molar-refractivity contribution is 0.571. The molecular formula is C15H16. The van der Waals surface area contributed by atoms with Crippen molar-refractivity contribution in [1.82, 2.24) is 0 Å². The molecule has 0 aliphatic heterocycles. The maximum Gasteiger partial charge on any atom is 0.0255 e. The second kappa shape index (κ2) is 4.72. The Bertz CT molecular complexity index is 433. The summed E-state index contributed by atoms with van der Waals surface area (Å²) in [6, 6.07) is 8.14. The summed E-state index contributed by atoms with van der Waals surface area (Å²) in [6.45, 7) is 8.30. The smallest absolute Gasteiger partial charge is 0.0255 e. The van der Waals surface area contributed by atoms with Gasteiger partial charge in [-0.25, -0.2) is 0 Å². The molecule has 0 aromatic heterocycles. The quantitative estimate of drug-likeness (QED) is 0.558. The zero-order chi connectivity index (χ0) is 11.3. The van der Waals surface area contributed by atoms with Crippen molar-refractivity contribution in [2.75, 3.05) is 0 Å². The molecule has 1 rings (SSSR count). The fourth-order valence-electron chi connectivity index (χ4n) is 0.959. The highest BCUT2D eigenvalue weighted by Crippen LogP contribution is 2.09. The largest absolute Gasteiger partial charge is 0.0832 e. The van der Waals surface area contributed by atoms with Crippen molar-refractivity contribution in [1.29, 1.82) is 0 Å². The molecule has 1 aromatic carbocycles. The van der Waals surface area contributed by atoms with Gasteiger partial charge in [0, 0.05) is 11.0 Å². The predicted molar refractivity (Wildman–Crippen MR) is 65.3 cm³/mol. The maximum absolute atomic E-state index is 3.08. The zero-order valence-electron chi connectivity index (χ0n) is 9.81. The molecule has 0 unspecified atom stereocenters. The van der Waals surface area contributed by atoms with Gasteiger partial charge in [0.05, 0.1) is 0 Å². The van der Waals surface area contributed by atoms with Crippen LogP contribution in [0.3, 0.4) is 0 Å². The lowest BCUT2D eigenvalue weighted by Crippen LogP contribution is -1.98. The molecule has 76 valence electrons. The molecule has 0 atom stereocenters. The summed E-state index contributed by atoms with van der Waals surface area (Å²) < 4.78 is 0. The van der Waals surface area contributed by atoms with Gasteiger partial charge in [-0.2, -0.15) is 0 Å². The second-order valence-electron chi connectivity index (χ2n) is 4.62. The zero-order valence-corrected chi connectivity index (χ0v) is 9.81. The van der Waals surface area contributed by atoms with Gasteiger partial charge in [0.25, 0.3) is 0 Å². The summed E-state index contributed by atoms with van der Waals surface area (Å²) in [6.07, 6.45) is 0. The van der Waals surface area contributed by atoms with E-state index in [0.29, 0.717) is 0 Å². The standard InChI is InChI=1S/C15H16/c1-13-8-10-14(11-9-13)7-5-6-12-15(2,3)4/h8-11H,1-4H3. The van der Waals surface area contributed by atoms with Crippen molar-refractivity contribution >= 4 is 0 Å². The summed E-state index contributed by atoms with van der Waals surface area (Å²) in [5.41, 5.74) is 2.30. The Labute approximate surface area is 92.7 Å². The number of rotatable bonds is 0. The third-order valence-corrected chi connectivity index (χ3v) is 1.76. The van der Waals surface area contributed by atoms with Crippen LogP contribution in [0, 0.1) is 36.0 Å². The third-order valence-electron chi connectivity index (χ3n) is 1.76. The van der Waals surface area contributed by atoms with Gasteiger partial charge in [-0.15, -0.1) is 0 Å². The van der Waals surface area contributed by atoms with Gasteiger partial charge in [0.2, 0.25) is 0 Å². The van der Waals surface area contributed by atoms with E-state index in [1.54, 1.807) is 0 Å². The van der Waals surface area contributed by atoms with Crippen LogP contribution < -0.4 is 0 Å². The van der Waals surface area contributed by atoms with Crippen LogP contribution >= 0.6 is 0 Å². The Kier molecular flexibility index (Phi) is 3.59. The summed E-state index contributed by atoms with van der Waals surface area (Å²) in [7, 11) is 0. The average Bonchev–Trinajstić information content (AvgIpc) is 2.14. The van der Waals surface area contributed by atoms with Gasteiger partial charge in [-0.05, 0) is 51.7 Å². The first kappa shape index (κ1) is 11.4. The highest BCUT2D eigenvalue weighted by molar-refractivity contribution is 5.41. The molecule has 0 N–H and O–H groups in total. The molecule has 0 saturated carbocycles. The van der Waals surface area contributed by atoms with Gasteiger partial charge in [-0.3, -0.25) is 0 Å². The van der Waals surface area contributed by atoms with E-state index >= 15 is 0 Å². The fraction of sp³-hybridized carbons (Fsp3) is 0.333. The predicted octanol–water partition coefficient (Wildman–Crippen LogP) is 3.40. The lowest BCUT2D eigenvalue weighted by atomic mass is 9.98. The van der Waals surface area contributed by atoms with Crippen LogP contribution in [0.15, 0.2) is 24.3 Å². The van der Waals surface area contributed by atoms with Crippen LogP contribution in [0.1, 0.15) is 31.9 Å². The van der Waals surface area contributed by atoms with Crippen LogP contribution in [-0.2, 0) is 0 Å². The Hall–Kier alpha value is -1.66. The van der Waals surface area contributed by atoms with E-state index < -0.39 is 0 Å². The molecule has 0 radical (unpaired) electrons. The van der Waals surface area contributed by atoms with Crippen molar-refractivity contribution in [2.24, 2.45) is 5.41 Å². The minimum Gasteiger partial charge on any atom is -0.0832 e. The average molecular weight is 196 g/mol.